The number of nitrogens with one attached hydrogen (secondary N) is 2. The van der Waals surface area contributed by atoms with Crippen LogP contribution in [0.4, 0.5) is 10.1 Å². The van der Waals surface area contributed by atoms with E-state index in [4.69, 9.17) is 44.3 Å². The molecule has 0 radical (unpaired) electrons. The lowest BCUT2D eigenvalue weighted by molar-refractivity contribution is -0.0281. The fraction of sp³-hybridized carbons (Fsp3) is 0.267. The van der Waals surface area contributed by atoms with E-state index in [0.717, 1.165) is 22.4 Å². The molecule has 1 fully saturated rings. The zero-order valence-electron chi connectivity index (χ0n) is 23.5. The molecule has 3 heterocycles. The number of aryl methyl sites for hydroxylation is 1. The minimum atomic E-state index is -0.842. The molecule has 0 saturated carbocycles. The molecule has 4 aromatic rings. The Morgan fingerprint density at radius 2 is 1.91 bits per heavy atom. The fourth-order valence-electron chi connectivity index (χ4n) is 4.87. The summed E-state index contributed by atoms with van der Waals surface area (Å²) in [6.45, 7) is 1.27. The van der Waals surface area contributed by atoms with Gasteiger partial charge >= 0.3 is 0 Å². The van der Waals surface area contributed by atoms with Crippen LogP contribution in [0.1, 0.15) is 22.3 Å². The normalized spacial score (nSPS) is 16.5. The Balaban J connectivity index is 1.45. The van der Waals surface area contributed by atoms with Gasteiger partial charge in [0.05, 0.1) is 41.2 Å². The zero-order valence-corrected chi connectivity index (χ0v) is 25.8. The molecule has 2 aromatic carbocycles. The van der Waals surface area contributed by atoms with Crippen molar-refractivity contribution in [2.24, 2.45) is 7.05 Å². The van der Waals surface area contributed by atoms with E-state index in [0.29, 0.717) is 42.3 Å². The highest BCUT2D eigenvalue weighted by molar-refractivity contribution is 6.39. The summed E-state index contributed by atoms with van der Waals surface area (Å²) in [5.74, 6) is -1.17. The summed E-state index contributed by atoms with van der Waals surface area (Å²) in [4.78, 5) is 30.0. The van der Waals surface area contributed by atoms with Gasteiger partial charge in [0.2, 0.25) is 5.88 Å². The maximum atomic E-state index is 14.9. The number of anilines is 1. The molecule has 14 heteroatoms. The van der Waals surface area contributed by atoms with E-state index in [9.17, 15) is 19.1 Å². The molecule has 1 amide bonds. The third-order valence-corrected chi connectivity index (χ3v) is 8.14. The third-order valence-electron chi connectivity index (χ3n) is 7.14. The second-order valence-corrected chi connectivity index (χ2v) is 11.2. The van der Waals surface area contributed by atoms with Crippen LogP contribution in [0.15, 0.2) is 53.3 Å². The number of hydrogen-bond donors (Lipinski definition) is 3. The molecule has 0 aliphatic carbocycles. The molecule has 2 unspecified atom stereocenters. The number of rotatable bonds is 8. The monoisotopic (exact) mass is 661 g/mol. The van der Waals surface area contributed by atoms with E-state index < -0.39 is 23.4 Å². The van der Waals surface area contributed by atoms with Gasteiger partial charge in [-0.2, -0.15) is 5.10 Å². The van der Waals surface area contributed by atoms with Gasteiger partial charge in [0.15, 0.2) is 5.15 Å². The number of benzene rings is 2. The largest absolute Gasteiger partial charge is 0.481 e. The number of amides is 1. The number of aliphatic hydroxyl groups excluding tert-OH is 1. The summed E-state index contributed by atoms with van der Waals surface area (Å²) < 4.78 is 26.6. The van der Waals surface area contributed by atoms with Crippen LogP contribution in [0, 0.1) is 5.82 Å². The van der Waals surface area contributed by atoms with Crippen LogP contribution in [0.2, 0.25) is 15.2 Å². The number of aliphatic hydroxyl groups is 1. The summed E-state index contributed by atoms with van der Waals surface area (Å²) in [5, 5.41) is 19.9. The molecule has 44 heavy (non-hydrogen) atoms. The standard InChI is InChI=1S/C30H27Cl3FN5O5/c1-39-30(42)20(12-25(31)38-39)28(41)36-23-11-16(34)10-19(27(23)33)17-4-3-5-18(26(17)32)21-7-6-15(29(37-21)43-2)13-35-22-8-9-44-14-24(22)40/h3-7,10-12,22,24,35,40H,8-9,13-14H2,1-2H3,(H,36,41). The van der Waals surface area contributed by atoms with Crippen molar-refractivity contribution in [3.8, 4) is 28.3 Å². The van der Waals surface area contributed by atoms with Crippen LogP contribution in [0.25, 0.3) is 22.4 Å². The van der Waals surface area contributed by atoms with Crippen molar-refractivity contribution in [2.75, 3.05) is 25.6 Å². The smallest absolute Gasteiger partial charge is 0.279 e. The number of methoxy groups -OCH3 is 1. The predicted molar refractivity (Wildman–Crippen MR) is 166 cm³/mol. The summed E-state index contributed by atoms with van der Waals surface area (Å²) in [6.07, 6.45) is 0.0792. The van der Waals surface area contributed by atoms with Gasteiger partial charge in [0.1, 0.15) is 11.4 Å². The van der Waals surface area contributed by atoms with Gasteiger partial charge in [0, 0.05) is 48.5 Å². The SMILES string of the molecule is COc1nc(-c2cccc(-c3cc(F)cc(NC(=O)c4cc(Cl)nn(C)c4=O)c3Cl)c2Cl)ccc1CNC1CCOCC1O. The number of halogens is 4. The first kappa shape index (κ1) is 31.8. The van der Waals surface area contributed by atoms with Gasteiger partial charge in [-0.3, -0.25) is 9.59 Å². The first-order valence-corrected chi connectivity index (χ1v) is 14.6. The molecule has 1 aliphatic heterocycles. The molecule has 5 rings (SSSR count). The first-order valence-electron chi connectivity index (χ1n) is 13.4. The van der Waals surface area contributed by atoms with Crippen molar-refractivity contribution in [3.05, 3.63) is 91.0 Å². The molecule has 230 valence electrons. The number of hydrogen-bond acceptors (Lipinski definition) is 8. The van der Waals surface area contributed by atoms with Crippen LogP contribution in [-0.4, -0.2) is 58.2 Å². The number of carbonyl (C=O) groups is 1. The second-order valence-electron chi connectivity index (χ2n) is 10.0. The Labute approximate surface area is 266 Å². The van der Waals surface area contributed by atoms with Crippen LogP contribution in [-0.2, 0) is 18.3 Å². The lowest BCUT2D eigenvalue weighted by Crippen LogP contribution is -2.46. The van der Waals surface area contributed by atoms with Crippen LogP contribution in [0.3, 0.4) is 0 Å². The highest BCUT2D eigenvalue weighted by Gasteiger charge is 2.24. The van der Waals surface area contributed by atoms with Crippen LogP contribution < -0.4 is 20.9 Å². The van der Waals surface area contributed by atoms with Gasteiger partial charge in [-0.1, -0.05) is 59.1 Å². The Hall–Kier alpha value is -3.58. The molecule has 0 spiro atoms. The van der Waals surface area contributed by atoms with Crippen molar-refractivity contribution in [3.63, 3.8) is 0 Å². The second kappa shape index (κ2) is 13.6. The van der Waals surface area contributed by atoms with E-state index in [-0.39, 0.29) is 44.7 Å². The van der Waals surface area contributed by atoms with Crippen molar-refractivity contribution in [1.29, 1.82) is 0 Å². The molecule has 1 saturated heterocycles. The summed E-state index contributed by atoms with van der Waals surface area (Å²) in [5.41, 5.74) is 1.33. The van der Waals surface area contributed by atoms with Gasteiger partial charge in [-0.15, -0.1) is 0 Å². The summed E-state index contributed by atoms with van der Waals surface area (Å²) >= 11 is 19.4. The molecule has 3 N–H and O–H groups in total. The number of aromatic nitrogens is 3. The molecular formula is C30H27Cl3FN5O5. The average Bonchev–Trinajstić information content (AvgIpc) is 3.00. The Kier molecular flexibility index (Phi) is 9.84. The molecule has 1 aliphatic rings. The summed E-state index contributed by atoms with van der Waals surface area (Å²) in [7, 11) is 2.86. The Morgan fingerprint density at radius 3 is 2.66 bits per heavy atom. The highest BCUT2D eigenvalue weighted by Crippen LogP contribution is 2.42. The number of carbonyl (C=O) groups excluding carboxylic acids is 1. The quantitative estimate of drug-likeness (QED) is 0.238. The lowest BCUT2D eigenvalue weighted by Gasteiger charge is -2.28. The third kappa shape index (κ3) is 6.73. The maximum Gasteiger partial charge on any atom is 0.279 e. The van der Waals surface area contributed by atoms with Crippen molar-refractivity contribution < 1.29 is 23.8 Å². The topological polar surface area (TPSA) is 128 Å². The molecule has 2 atom stereocenters. The first-order chi connectivity index (χ1) is 21.1. The number of pyridine rings is 1. The lowest BCUT2D eigenvalue weighted by atomic mass is 10.00. The minimum Gasteiger partial charge on any atom is -0.481 e. The van der Waals surface area contributed by atoms with Gasteiger partial charge in [-0.25, -0.2) is 14.1 Å². The summed E-state index contributed by atoms with van der Waals surface area (Å²) in [6, 6.07) is 12.0. The van der Waals surface area contributed by atoms with E-state index in [1.54, 1.807) is 24.3 Å². The van der Waals surface area contributed by atoms with Gasteiger partial charge in [-0.05, 0) is 30.7 Å². The number of nitrogens with zero attached hydrogens (tertiary/aromatic N) is 3. The molecular weight excluding hydrogens is 636 g/mol. The van der Waals surface area contributed by atoms with Crippen molar-refractivity contribution in [1.82, 2.24) is 20.1 Å². The minimum absolute atomic E-state index is 0.00182. The Bertz CT molecular complexity index is 1790. The average molecular weight is 663 g/mol. The van der Waals surface area contributed by atoms with Gasteiger partial charge < -0.3 is 25.2 Å². The van der Waals surface area contributed by atoms with Gasteiger partial charge in [0.25, 0.3) is 11.5 Å². The van der Waals surface area contributed by atoms with E-state index >= 15 is 0 Å². The highest BCUT2D eigenvalue weighted by atomic mass is 35.5. The van der Waals surface area contributed by atoms with Crippen molar-refractivity contribution >= 4 is 46.4 Å². The Morgan fingerprint density at radius 1 is 1.14 bits per heavy atom. The van der Waals surface area contributed by atoms with Crippen LogP contribution in [0.5, 0.6) is 5.88 Å². The maximum absolute atomic E-state index is 14.9. The molecule has 10 nitrogen and oxygen atoms in total. The van der Waals surface area contributed by atoms with Crippen LogP contribution >= 0.6 is 34.8 Å². The predicted octanol–water partition coefficient (Wildman–Crippen LogP) is 5.11. The van der Waals surface area contributed by atoms with Crippen molar-refractivity contribution in [2.45, 2.75) is 25.1 Å². The zero-order chi connectivity index (χ0) is 31.5. The molecule has 2 aromatic heterocycles. The van der Waals surface area contributed by atoms with E-state index in [1.165, 1.54) is 20.2 Å². The molecule has 0 bridgehead atoms. The van der Waals surface area contributed by atoms with E-state index in [1.807, 2.05) is 6.07 Å². The number of ether oxygens (including phenoxy) is 2. The fourth-order valence-corrected chi connectivity index (χ4v) is 5.68. The van der Waals surface area contributed by atoms with E-state index in [2.05, 4.69) is 20.7 Å².